The van der Waals surface area contributed by atoms with Gasteiger partial charge < -0.3 is 5.73 Å². The van der Waals surface area contributed by atoms with Crippen LogP contribution in [0.5, 0.6) is 0 Å². The van der Waals surface area contributed by atoms with E-state index in [1.807, 2.05) is 36.4 Å². The summed E-state index contributed by atoms with van der Waals surface area (Å²) in [7, 11) is 0. The standard InChI is InChI=1S/C29H26Cl2N6O2/c30-22-9-5-19(6-10-22)17-36-28(39)35(16-14-25(32)38)27(34-36)37-18-29(15-13-20-3-1-2-4-24(20)29)26(33-37)21-7-11-23(31)12-8-21/h1-12H,13-18H2,(H2,32,38). The number of rotatable bonds is 7. The average Bonchev–Trinajstić information content (AvgIpc) is 3.59. The lowest BCUT2D eigenvalue weighted by atomic mass is 9.75. The minimum atomic E-state index is -0.494. The number of carbonyl (C=O) groups excluding carboxylic acids is 1. The van der Waals surface area contributed by atoms with E-state index < -0.39 is 5.91 Å². The molecule has 2 aliphatic rings. The first-order valence-corrected chi connectivity index (χ1v) is 13.5. The molecule has 0 saturated carbocycles. The molecular formula is C29H26Cl2N6O2. The van der Waals surface area contributed by atoms with E-state index in [0.29, 0.717) is 22.5 Å². The highest BCUT2D eigenvalue weighted by Crippen LogP contribution is 2.46. The molecule has 10 heteroatoms. The van der Waals surface area contributed by atoms with E-state index in [2.05, 4.69) is 24.3 Å². The molecule has 1 atom stereocenters. The fourth-order valence-corrected chi connectivity index (χ4v) is 5.89. The Bertz CT molecular complexity index is 1640. The van der Waals surface area contributed by atoms with Crippen LogP contribution in [-0.2, 0) is 29.7 Å². The van der Waals surface area contributed by atoms with Crippen LogP contribution in [-0.4, -0.2) is 32.5 Å². The lowest BCUT2D eigenvalue weighted by molar-refractivity contribution is -0.118. The predicted molar refractivity (Wildman–Crippen MR) is 153 cm³/mol. The lowest BCUT2D eigenvalue weighted by Crippen LogP contribution is -2.37. The summed E-state index contributed by atoms with van der Waals surface area (Å²) < 4.78 is 2.88. The highest BCUT2D eigenvalue weighted by molar-refractivity contribution is 6.31. The molecule has 198 valence electrons. The SMILES string of the molecule is NC(=O)CCn1c(N2CC3(CCc4ccccc43)C(c3ccc(Cl)cc3)=N2)nn(Cc2ccc(Cl)cc2)c1=O. The molecule has 6 rings (SSSR count). The Labute approximate surface area is 235 Å². The summed E-state index contributed by atoms with van der Waals surface area (Å²) in [5.41, 5.74) is 10.0. The first-order chi connectivity index (χ1) is 18.8. The number of anilines is 1. The van der Waals surface area contributed by atoms with Crippen LogP contribution in [0.15, 0.2) is 82.7 Å². The number of aromatic nitrogens is 3. The number of fused-ring (bicyclic) bond motifs is 2. The summed E-state index contributed by atoms with van der Waals surface area (Å²) >= 11 is 12.2. The van der Waals surface area contributed by atoms with Crippen molar-refractivity contribution in [3.8, 4) is 0 Å². The smallest absolute Gasteiger partial charge is 0.347 e. The fourth-order valence-electron chi connectivity index (χ4n) is 5.64. The minimum absolute atomic E-state index is 0.00904. The molecule has 4 aromatic rings. The Hall–Kier alpha value is -3.88. The molecule has 0 radical (unpaired) electrons. The van der Waals surface area contributed by atoms with Gasteiger partial charge in [0.05, 0.1) is 24.2 Å². The molecular weight excluding hydrogens is 535 g/mol. The van der Waals surface area contributed by atoms with Crippen molar-refractivity contribution in [1.82, 2.24) is 14.3 Å². The summed E-state index contributed by atoms with van der Waals surface area (Å²) in [5, 5.41) is 12.9. The number of primary amides is 1. The van der Waals surface area contributed by atoms with E-state index in [-0.39, 0.29) is 30.6 Å². The topological polar surface area (TPSA) is 98.5 Å². The Kier molecular flexibility index (Phi) is 6.53. The molecule has 1 spiro atoms. The zero-order chi connectivity index (χ0) is 27.1. The minimum Gasteiger partial charge on any atom is -0.370 e. The van der Waals surface area contributed by atoms with Crippen LogP contribution in [0.2, 0.25) is 10.0 Å². The van der Waals surface area contributed by atoms with Crippen LogP contribution >= 0.6 is 23.2 Å². The molecule has 8 nitrogen and oxygen atoms in total. The summed E-state index contributed by atoms with van der Waals surface area (Å²) in [6.07, 6.45) is 1.81. The number of aryl methyl sites for hydroxylation is 1. The van der Waals surface area contributed by atoms with Crippen LogP contribution in [0.4, 0.5) is 5.95 Å². The second kappa shape index (κ2) is 10.0. The maximum Gasteiger partial charge on any atom is 0.347 e. The van der Waals surface area contributed by atoms with E-state index >= 15 is 0 Å². The van der Waals surface area contributed by atoms with Crippen LogP contribution in [0.3, 0.4) is 0 Å². The second-order valence-electron chi connectivity index (χ2n) is 9.99. The van der Waals surface area contributed by atoms with Gasteiger partial charge in [0.1, 0.15) is 0 Å². The predicted octanol–water partition coefficient (Wildman–Crippen LogP) is 4.38. The van der Waals surface area contributed by atoms with Gasteiger partial charge in [-0.15, -0.1) is 5.10 Å². The first-order valence-electron chi connectivity index (χ1n) is 12.8. The molecule has 0 bridgehead atoms. The summed E-state index contributed by atoms with van der Waals surface area (Å²) in [6.45, 7) is 0.869. The highest BCUT2D eigenvalue weighted by atomic mass is 35.5. The third-order valence-corrected chi connectivity index (χ3v) is 8.03. The number of amides is 1. The molecule has 1 unspecified atom stereocenters. The lowest BCUT2D eigenvalue weighted by Gasteiger charge is -2.27. The quantitative estimate of drug-likeness (QED) is 0.362. The zero-order valence-electron chi connectivity index (χ0n) is 21.1. The van der Waals surface area contributed by atoms with E-state index in [4.69, 9.17) is 39.1 Å². The molecule has 39 heavy (non-hydrogen) atoms. The van der Waals surface area contributed by atoms with Crippen molar-refractivity contribution >= 4 is 40.8 Å². The Morgan fingerprint density at radius 3 is 2.38 bits per heavy atom. The van der Waals surface area contributed by atoms with E-state index in [1.54, 1.807) is 17.1 Å². The monoisotopic (exact) mass is 560 g/mol. The molecule has 1 aromatic heterocycles. The van der Waals surface area contributed by atoms with Crippen molar-refractivity contribution in [3.63, 3.8) is 0 Å². The Balaban J connectivity index is 1.46. The third-order valence-electron chi connectivity index (χ3n) is 7.53. The second-order valence-corrected chi connectivity index (χ2v) is 10.9. The number of hydrogen-bond donors (Lipinski definition) is 1. The molecule has 0 saturated heterocycles. The summed E-state index contributed by atoms with van der Waals surface area (Å²) in [6, 6.07) is 23.4. The molecule has 0 fully saturated rings. The van der Waals surface area contributed by atoms with Crippen LogP contribution in [0, 0.1) is 0 Å². The number of nitrogens with two attached hydrogens (primary N) is 1. The molecule has 1 aliphatic carbocycles. The number of carbonyl (C=O) groups is 1. The van der Waals surface area contributed by atoms with Gasteiger partial charge in [0.25, 0.3) is 0 Å². The molecule has 1 amide bonds. The Morgan fingerprint density at radius 2 is 1.67 bits per heavy atom. The van der Waals surface area contributed by atoms with Gasteiger partial charge in [-0.25, -0.2) is 14.5 Å². The van der Waals surface area contributed by atoms with E-state index in [0.717, 1.165) is 29.7 Å². The van der Waals surface area contributed by atoms with Gasteiger partial charge in [-0.3, -0.25) is 9.36 Å². The van der Waals surface area contributed by atoms with Crippen molar-refractivity contribution in [1.29, 1.82) is 0 Å². The van der Waals surface area contributed by atoms with Gasteiger partial charge in [-0.1, -0.05) is 71.7 Å². The normalized spacial score (nSPS) is 18.0. The fraction of sp³-hybridized carbons (Fsp3) is 0.241. The van der Waals surface area contributed by atoms with E-state index in [9.17, 15) is 9.59 Å². The van der Waals surface area contributed by atoms with Crippen molar-refractivity contribution in [2.24, 2.45) is 10.8 Å². The number of nitrogens with zero attached hydrogens (tertiary/aromatic N) is 5. The van der Waals surface area contributed by atoms with Crippen molar-refractivity contribution < 1.29 is 4.79 Å². The van der Waals surface area contributed by atoms with Crippen LogP contribution in [0.1, 0.15) is 35.1 Å². The number of hydrazone groups is 1. The maximum atomic E-state index is 13.5. The van der Waals surface area contributed by atoms with Gasteiger partial charge in [0.2, 0.25) is 11.9 Å². The molecule has 1 aliphatic heterocycles. The van der Waals surface area contributed by atoms with Crippen molar-refractivity contribution in [3.05, 3.63) is 116 Å². The average molecular weight is 561 g/mol. The van der Waals surface area contributed by atoms with Crippen LogP contribution < -0.4 is 16.4 Å². The Morgan fingerprint density at radius 1 is 0.974 bits per heavy atom. The molecule has 2 heterocycles. The van der Waals surface area contributed by atoms with E-state index in [1.165, 1.54) is 20.4 Å². The number of halogens is 2. The summed E-state index contributed by atoms with van der Waals surface area (Å²) in [4.78, 5) is 25.2. The van der Waals surface area contributed by atoms with Gasteiger partial charge in [-0.2, -0.15) is 5.10 Å². The van der Waals surface area contributed by atoms with Gasteiger partial charge in [0, 0.05) is 23.0 Å². The summed E-state index contributed by atoms with van der Waals surface area (Å²) in [5.74, 6) is -0.116. The van der Waals surface area contributed by atoms with Gasteiger partial charge in [-0.05, 0) is 59.4 Å². The van der Waals surface area contributed by atoms with Crippen LogP contribution in [0.25, 0.3) is 0 Å². The molecule has 2 N–H and O–H groups in total. The maximum absolute atomic E-state index is 13.5. The largest absolute Gasteiger partial charge is 0.370 e. The zero-order valence-corrected chi connectivity index (χ0v) is 22.6. The highest BCUT2D eigenvalue weighted by Gasteiger charge is 2.49. The van der Waals surface area contributed by atoms with Gasteiger partial charge >= 0.3 is 5.69 Å². The third kappa shape index (κ3) is 4.64. The number of hydrogen-bond acceptors (Lipinski definition) is 5. The van der Waals surface area contributed by atoms with Crippen molar-refractivity contribution in [2.75, 3.05) is 11.6 Å². The number of benzene rings is 3. The van der Waals surface area contributed by atoms with Gasteiger partial charge in [0.15, 0.2) is 0 Å². The molecule has 3 aromatic carbocycles. The first kappa shape index (κ1) is 25.4. The van der Waals surface area contributed by atoms with Crippen molar-refractivity contribution in [2.45, 2.75) is 37.8 Å².